The average Bonchev–Trinajstić information content (AvgIpc) is 3.04. The molecule has 8 nitrogen and oxygen atoms in total. The van der Waals surface area contributed by atoms with Crippen LogP contribution in [0.1, 0.15) is 36.0 Å². The summed E-state index contributed by atoms with van der Waals surface area (Å²) < 4.78 is 0. The Kier molecular flexibility index (Phi) is 6.06. The van der Waals surface area contributed by atoms with Gasteiger partial charge in [0.1, 0.15) is 0 Å². The fourth-order valence-electron chi connectivity index (χ4n) is 4.61. The molecule has 2 atom stereocenters. The van der Waals surface area contributed by atoms with E-state index in [9.17, 15) is 19.5 Å². The minimum atomic E-state index is -0.882. The van der Waals surface area contributed by atoms with Crippen molar-refractivity contribution in [2.24, 2.45) is 0 Å². The molecule has 2 aliphatic heterocycles. The summed E-state index contributed by atoms with van der Waals surface area (Å²) in [6, 6.07) is 16.5. The van der Waals surface area contributed by atoms with E-state index in [0.29, 0.717) is 24.1 Å². The molecular weight excluding hydrogens is 396 g/mol. The minimum Gasteiger partial charge on any atom is -0.465 e. The molecule has 0 aliphatic carbocycles. The number of benzene rings is 2. The number of carboxylic acid groups (broad SMARTS) is 1. The maximum atomic E-state index is 12.7. The molecule has 8 heteroatoms. The van der Waals surface area contributed by atoms with Crippen molar-refractivity contribution in [3.05, 3.63) is 60.2 Å². The Balaban J connectivity index is 1.31. The van der Waals surface area contributed by atoms with Crippen LogP contribution >= 0.6 is 0 Å². The maximum Gasteiger partial charge on any atom is 0.407 e. The van der Waals surface area contributed by atoms with E-state index in [-0.39, 0.29) is 36.5 Å². The summed E-state index contributed by atoms with van der Waals surface area (Å²) in [7, 11) is 0. The number of amides is 3. The zero-order chi connectivity index (χ0) is 21.8. The lowest BCUT2D eigenvalue weighted by molar-refractivity contribution is -0.121. The molecule has 2 bridgehead atoms. The molecule has 4 N–H and O–H groups in total. The van der Waals surface area contributed by atoms with Crippen molar-refractivity contribution >= 4 is 29.3 Å². The van der Waals surface area contributed by atoms with Gasteiger partial charge in [-0.3, -0.25) is 9.59 Å². The molecule has 4 rings (SSSR count). The lowest BCUT2D eigenvalue weighted by atomic mass is 9.98. The number of carbonyl (C=O) groups excluding carboxylic acids is 2. The van der Waals surface area contributed by atoms with Gasteiger partial charge < -0.3 is 26.0 Å². The van der Waals surface area contributed by atoms with Gasteiger partial charge in [0.25, 0.3) is 5.91 Å². The first-order chi connectivity index (χ1) is 15.0. The second kappa shape index (κ2) is 9.07. The third-order valence-electron chi connectivity index (χ3n) is 5.95. The first-order valence-electron chi connectivity index (χ1n) is 10.5. The number of para-hydroxylation sites is 2. The summed E-state index contributed by atoms with van der Waals surface area (Å²) in [4.78, 5) is 38.0. The quantitative estimate of drug-likeness (QED) is 0.572. The zero-order valence-electron chi connectivity index (χ0n) is 17.1. The van der Waals surface area contributed by atoms with Crippen molar-refractivity contribution in [3.8, 4) is 0 Å². The molecular formula is C23H26N4O4. The molecule has 2 fully saturated rings. The van der Waals surface area contributed by atoms with Crippen molar-refractivity contribution in [2.45, 2.75) is 43.8 Å². The van der Waals surface area contributed by atoms with Gasteiger partial charge >= 0.3 is 6.09 Å². The zero-order valence-corrected chi connectivity index (χ0v) is 17.1. The fraction of sp³-hybridized carbons (Fsp3) is 0.348. The minimum absolute atomic E-state index is 0.0351. The number of piperidine rings is 1. The molecule has 0 saturated carbocycles. The molecule has 0 radical (unpaired) electrons. The van der Waals surface area contributed by atoms with Gasteiger partial charge in [0, 0.05) is 23.8 Å². The Morgan fingerprint density at radius 1 is 0.935 bits per heavy atom. The van der Waals surface area contributed by atoms with E-state index in [0.717, 1.165) is 18.5 Å². The van der Waals surface area contributed by atoms with E-state index in [1.165, 1.54) is 4.90 Å². The van der Waals surface area contributed by atoms with Gasteiger partial charge in [0.15, 0.2) is 0 Å². The van der Waals surface area contributed by atoms with E-state index in [2.05, 4.69) is 16.0 Å². The third-order valence-corrected chi connectivity index (χ3v) is 5.95. The van der Waals surface area contributed by atoms with Crippen LogP contribution in [0.4, 0.5) is 16.2 Å². The lowest BCUT2D eigenvalue weighted by Crippen LogP contribution is -2.53. The predicted octanol–water partition coefficient (Wildman–Crippen LogP) is 2.95. The van der Waals surface area contributed by atoms with Gasteiger partial charge in [-0.2, -0.15) is 0 Å². The summed E-state index contributed by atoms with van der Waals surface area (Å²) in [5.74, 6) is -0.607. The Morgan fingerprint density at radius 3 is 2.26 bits per heavy atom. The van der Waals surface area contributed by atoms with Crippen molar-refractivity contribution in [3.63, 3.8) is 0 Å². The topological polar surface area (TPSA) is 111 Å². The number of fused-ring (bicyclic) bond motifs is 2. The second-order valence-electron chi connectivity index (χ2n) is 8.03. The molecule has 0 aromatic heterocycles. The average molecular weight is 422 g/mol. The van der Waals surface area contributed by atoms with Gasteiger partial charge in [-0.25, -0.2) is 4.79 Å². The molecule has 0 spiro atoms. The van der Waals surface area contributed by atoms with E-state index in [4.69, 9.17) is 0 Å². The highest BCUT2D eigenvalue weighted by Crippen LogP contribution is 2.35. The summed E-state index contributed by atoms with van der Waals surface area (Å²) in [5, 5.41) is 18.2. The first-order valence-corrected chi connectivity index (χ1v) is 10.5. The van der Waals surface area contributed by atoms with Crippen LogP contribution in [0.5, 0.6) is 0 Å². The molecule has 162 valence electrons. The number of carbonyl (C=O) groups is 3. The van der Waals surface area contributed by atoms with Gasteiger partial charge in [0.05, 0.1) is 17.8 Å². The lowest BCUT2D eigenvalue weighted by Gasteiger charge is -2.37. The van der Waals surface area contributed by atoms with Crippen molar-refractivity contribution < 1.29 is 19.5 Å². The number of hydrogen-bond acceptors (Lipinski definition) is 4. The molecule has 2 aromatic carbocycles. The number of nitrogens with zero attached hydrogens (tertiary/aromatic N) is 1. The first kappa shape index (κ1) is 20.7. The number of anilines is 2. The van der Waals surface area contributed by atoms with E-state index in [1.54, 1.807) is 12.1 Å². The van der Waals surface area contributed by atoms with Crippen LogP contribution in [0.2, 0.25) is 0 Å². The molecule has 2 saturated heterocycles. The van der Waals surface area contributed by atoms with Gasteiger partial charge in [-0.15, -0.1) is 0 Å². The van der Waals surface area contributed by atoms with Crippen LogP contribution in [-0.2, 0) is 4.79 Å². The smallest absolute Gasteiger partial charge is 0.407 e. The highest BCUT2D eigenvalue weighted by molar-refractivity contribution is 6.01. The number of hydrogen-bond donors (Lipinski definition) is 4. The number of nitrogens with one attached hydrogen (secondary N) is 3. The summed E-state index contributed by atoms with van der Waals surface area (Å²) >= 11 is 0. The molecule has 31 heavy (non-hydrogen) atoms. The monoisotopic (exact) mass is 422 g/mol. The van der Waals surface area contributed by atoms with Crippen LogP contribution in [-0.4, -0.2) is 52.6 Å². The predicted molar refractivity (Wildman–Crippen MR) is 116 cm³/mol. The van der Waals surface area contributed by atoms with E-state index < -0.39 is 6.09 Å². The Bertz CT molecular complexity index is 951. The van der Waals surface area contributed by atoms with Crippen molar-refractivity contribution in [2.75, 3.05) is 11.9 Å². The second-order valence-corrected chi connectivity index (χ2v) is 8.03. The van der Waals surface area contributed by atoms with Crippen LogP contribution in [0.15, 0.2) is 54.6 Å². The Labute approximate surface area is 180 Å². The fourth-order valence-corrected chi connectivity index (χ4v) is 4.61. The van der Waals surface area contributed by atoms with Gasteiger partial charge in [-0.05, 0) is 49.9 Å². The molecule has 2 heterocycles. The van der Waals surface area contributed by atoms with Crippen LogP contribution in [0.25, 0.3) is 0 Å². The maximum absolute atomic E-state index is 12.7. The molecule has 3 amide bonds. The van der Waals surface area contributed by atoms with Crippen LogP contribution in [0, 0.1) is 0 Å². The summed E-state index contributed by atoms with van der Waals surface area (Å²) in [5.41, 5.74) is 1.97. The molecule has 2 aromatic rings. The largest absolute Gasteiger partial charge is 0.465 e. The standard InChI is InChI=1S/C23H26N4O4/c28-21(26-16-12-17-10-11-18(13-16)27(17)23(30)31)14-24-22(29)19-8-4-5-9-20(19)25-15-6-2-1-3-7-15/h1-9,16-18,25H,10-14H2,(H,24,29)(H,26,28)(H,30,31). The Hall–Kier alpha value is -3.55. The highest BCUT2D eigenvalue weighted by Gasteiger charge is 2.43. The summed E-state index contributed by atoms with van der Waals surface area (Å²) in [6.07, 6.45) is 2.03. The third kappa shape index (κ3) is 4.79. The van der Waals surface area contributed by atoms with Crippen molar-refractivity contribution in [1.29, 1.82) is 0 Å². The molecule has 2 aliphatic rings. The normalized spacial score (nSPS) is 21.9. The summed E-state index contributed by atoms with van der Waals surface area (Å²) in [6.45, 7) is -0.132. The van der Waals surface area contributed by atoms with Crippen LogP contribution in [0.3, 0.4) is 0 Å². The van der Waals surface area contributed by atoms with Crippen molar-refractivity contribution in [1.82, 2.24) is 15.5 Å². The Morgan fingerprint density at radius 2 is 1.58 bits per heavy atom. The SMILES string of the molecule is O=C(CNC(=O)c1ccccc1Nc1ccccc1)NC1CC2CCC(C1)N2C(=O)O. The van der Waals surface area contributed by atoms with Gasteiger partial charge in [0.2, 0.25) is 5.91 Å². The van der Waals surface area contributed by atoms with Gasteiger partial charge in [-0.1, -0.05) is 30.3 Å². The van der Waals surface area contributed by atoms with E-state index >= 15 is 0 Å². The van der Waals surface area contributed by atoms with Crippen LogP contribution < -0.4 is 16.0 Å². The van der Waals surface area contributed by atoms with E-state index in [1.807, 2.05) is 42.5 Å². The number of rotatable bonds is 6. The highest BCUT2D eigenvalue weighted by atomic mass is 16.4. The molecule has 2 unspecified atom stereocenters.